The largest absolute Gasteiger partial charge is 0.507 e. The summed E-state index contributed by atoms with van der Waals surface area (Å²) in [6.07, 6.45) is 1.37. The molecule has 0 atom stereocenters. The first-order valence-corrected chi connectivity index (χ1v) is 8.94. The number of hydrogen-bond acceptors (Lipinski definition) is 4. The highest BCUT2D eigenvalue weighted by molar-refractivity contribution is 5.97. The van der Waals surface area contributed by atoms with Crippen molar-refractivity contribution in [2.75, 3.05) is 20.2 Å². The Kier molecular flexibility index (Phi) is 4.35. The van der Waals surface area contributed by atoms with E-state index in [2.05, 4.69) is 4.98 Å². The summed E-state index contributed by atoms with van der Waals surface area (Å²) in [7, 11) is 1.51. The Bertz CT molecular complexity index is 1040. The maximum atomic E-state index is 12.7. The van der Waals surface area contributed by atoms with E-state index in [1.807, 2.05) is 24.3 Å². The van der Waals surface area contributed by atoms with Crippen LogP contribution in [-0.4, -0.2) is 45.7 Å². The Balaban J connectivity index is 1.51. The second-order valence-electron chi connectivity index (χ2n) is 6.72. The number of phenols is 1. The van der Waals surface area contributed by atoms with Crippen LogP contribution >= 0.6 is 0 Å². The van der Waals surface area contributed by atoms with Crippen LogP contribution in [0.1, 0.15) is 29.2 Å². The Morgan fingerprint density at radius 1 is 1.19 bits per heavy atom. The van der Waals surface area contributed by atoms with E-state index >= 15 is 0 Å². The molecule has 2 N–H and O–H groups in total. The first-order valence-electron chi connectivity index (χ1n) is 8.94. The molecule has 0 saturated carbocycles. The molecule has 0 spiro atoms. The molecule has 0 aliphatic carbocycles. The molecule has 2 aromatic carbocycles. The number of methoxy groups -OCH3 is 1. The van der Waals surface area contributed by atoms with Gasteiger partial charge in [-0.3, -0.25) is 9.36 Å². The highest BCUT2D eigenvalue weighted by Crippen LogP contribution is 2.28. The smallest absolute Gasteiger partial charge is 0.326 e. The Labute approximate surface area is 155 Å². The van der Waals surface area contributed by atoms with Gasteiger partial charge in [0.25, 0.3) is 5.91 Å². The normalized spacial score (nSPS) is 15.2. The number of rotatable bonds is 3. The number of ether oxygens (including phenoxy) is 1. The number of aromatic amines is 1. The van der Waals surface area contributed by atoms with E-state index in [9.17, 15) is 14.7 Å². The predicted molar refractivity (Wildman–Crippen MR) is 101 cm³/mol. The van der Waals surface area contributed by atoms with Gasteiger partial charge in [-0.25, -0.2) is 4.79 Å². The third-order valence-electron chi connectivity index (χ3n) is 5.18. The van der Waals surface area contributed by atoms with Gasteiger partial charge in [0.2, 0.25) is 0 Å². The fourth-order valence-electron chi connectivity index (χ4n) is 3.75. The summed E-state index contributed by atoms with van der Waals surface area (Å²) >= 11 is 0. The van der Waals surface area contributed by atoms with Crippen molar-refractivity contribution < 1.29 is 14.6 Å². The number of aromatic hydroxyl groups is 1. The van der Waals surface area contributed by atoms with Crippen LogP contribution in [-0.2, 0) is 0 Å². The molecular formula is C20H21N3O4. The number of fused-ring (bicyclic) bond motifs is 1. The van der Waals surface area contributed by atoms with Crippen LogP contribution in [0.25, 0.3) is 11.0 Å². The number of nitrogens with zero attached hydrogens (tertiary/aromatic N) is 2. The summed E-state index contributed by atoms with van der Waals surface area (Å²) in [6, 6.07) is 12.3. The van der Waals surface area contributed by atoms with Gasteiger partial charge < -0.3 is 19.7 Å². The molecule has 2 heterocycles. The van der Waals surface area contributed by atoms with Crippen LogP contribution in [0.15, 0.2) is 47.3 Å². The van der Waals surface area contributed by atoms with Crippen LogP contribution in [0.3, 0.4) is 0 Å². The van der Waals surface area contributed by atoms with Gasteiger partial charge in [-0.1, -0.05) is 12.1 Å². The Morgan fingerprint density at radius 3 is 2.63 bits per heavy atom. The number of para-hydroxylation sites is 2. The van der Waals surface area contributed by atoms with Crippen LogP contribution in [0.4, 0.5) is 0 Å². The van der Waals surface area contributed by atoms with E-state index in [1.165, 1.54) is 13.2 Å². The van der Waals surface area contributed by atoms with Crippen molar-refractivity contribution in [2.45, 2.75) is 18.9 Å². The van der Waals surface area contributed by atoms with Crippen LogP contribution < -0.4 is 10.4 Å². The Hall–Kier alpha value is -3.22. The van der Waals surface area contributed by atoms with E-state index in [4.69, 9.17) is 4.74 Å². The van der Waals surface area contributed by atoms with Crippen molar-refractivity contribution >= 4 is 16.9 Å². The number of benzene rings is 2. The number of hydrogen-bond donors (Lipinski definition) is 2. The fourth-order valence-corrected chi connectivity index (χ4v) is 3.75. The Morgan fingerprint density at radius 2 is 1.93 bits per heavy atom. The fraction of sp³-hybridized carbons (Fsp3) is 0.300. The van der Waals surface area contributed by atoms with Crippen LogP contribution in [0.2, 0.25) is 0 Å². The number of nitrogens with one attached hydrogen (secondary N) is 1. The highest BCUT2D eigenvalue weighted by atomic mass is 16.5. The van der Waals surface area contributed by atoms with Gasteiger partial charge in [0.05, 0.1) is 23.7 Å². The minimum atomic E-state index is -0.208. The zero-order valence-electron chi connectivity index (χ0n) is 15.0. The van der Waals surface area contributed by atoms with E-state index in [0.717, 1.165) is 11.0 Å². The lowest BCUT2D eigenvalue weighted by Crippen LogP contribution is -2.40. The lowest BCUT2D eigenvalue weighted by molar-refractivity contribution is 0.0692. The zero-order chi connectivity index (χ0) is 19.0. The van der Waals surface area contributed by atoms with Crippen molar-refractivity contribution in [3.05, 3.63) is 58.5 Å². The quantitative estimate of drug-likeness (QED) is 0.745. The molecule has 7 nitrogen and oxygen atoms in total. The molecule has 1 aliphatic rings. The standard InChI is InChI=1S/C20H21N3O4/c1-27-14-6-7-15(18(24)12-14)19(25)22-10-8-13(9-11-22)23-17-5-3-2-4-16(17)21-20(23)26/h2-7,12-13,24H,8-11H2,1H3,(H,21,26). The van der Waals surface area contributed by atoms with Crippen molar-refractivity contribution in [3.63, 3.8) is 0 Å². The number of H-pyrrole nitrogens is 1. The number of piperidine rings is 1. The first-order chi connectivity index (χ1) is 13.1. The van der Waals surface area contributed by atoms with Crippen LogP contribution in [0, 0.1) is 0 Å². The molecular weight excluding hydrogens is 346 g/mol. The molecule has 0 bridgehead atoms. The van der Waals surface area contributed by atoms with E-state index in [0.29, 0.717) is 31.7 Å². The maximum absolute atomic E-state index is 12.7. The molecule has 0 radical (unpaired) electrons. The van der Waals surface area contributed by atoms with Crippen molar-refractivity contribution in [2.24, 2.45) is 0 Å². The summed E-state index contributed by atoms with van der Waals surface area (Å²) in [4.78, 5) is 29.7. The number of carbonyl (C=O) groups is 1. The molecule has 27 heavy (non-hydrogen) atoms. The highest BCUT2D eigenvalue weighted by Gasteiger charge is 2.27. The van der Waals surface area contributed by atoms with Gasteiger partial charge in [-0.15, -0.1) is 0 Å². The van der Waals surface area contributed by atoms with Gasteiger partial charge >= 0.3 is 5.69 Å². The van der Waals surface area contributed by atoms with Gasteiger partial charge in [0.15, 0.2) is 0 Å². The third kappa shape index (κ3) is 3.05. The number of amides is 1. The topological polar surface area (TPSA) is 87.6 Å². The molecule has 3 aromatic rings. The molecule has 1 amide bonds. The van der Waals surface area contributed by atoms with Crippen molar-refractivity contribution in [3.8, 4) is 11.5 Å². The summed E-state index contributed by atoms with van der Waals surface area (Å²) in [5.74, 6) is 0.204. The summed E-state index contributed by atoms with van der Waals surface area (Å²) in [6.45, 7) is 1.06. The van der Waals surface area contributed by atoms with Crippen LogP contribution in [0.5, 0.6) is 11.5 Å². The van der Waals surface area contributed by atoms with Gasteiger partial charge in [0, 0.05) is 25.2 Å². The SMILES string of the molecule is COc1ccc(C(=O)N2CCC(n3c(=O)[nH]c4ccccc43)CC2)c(O)c1. The van der Waals surface area contributed by atoms with Gasteiger partial charge in [0.1, 0.15) is 11.5 Å². The lowest BCUT2D eigenvalue weighted by atomic mass is 10.0. The molecule has 1 saturated heterocycles. The molecule has 4 rings (SSSR count). The molecule has 1 aromatic heterocycles. The lowest BCUT2D eigenvalue weighted by Gasteiger charge is -2.32. The predicted octanol–water partition coefficient (Wildman–Crippen LogP) is 2.52. The maximum Gasteiger partial charge on any atom is 0.326 e. The van der Waals surface area contributed by atoms with Gasteiger partial charge in [-0.2, -0.15) is 0 Å². The molecule has 1 aliphatic heterocycles. The second-order valence-corrected chi connectivity index (χ2v) is 6.72. The monoisotopic (exact) mass is 367 g/mol. The average molecular weight is 367 g/mol. The molecule has 7 heteroatoms. The van der Waals surface area contributed by atoms with E-state index in [1.54, 1.807) is 21.6 Å². The summed E-state index contributed by atoms with van der Waals surface area (Å²) < 4.78 is 6.85. The average Bonchev–Trinajstić information content (AvgIpc) is 3.03. The first kappa shape index (κ1) is 17.2. The second kappa shape index (κ2) is 6.83. The molecule has 1 fully saturated rings. The van der Waals surface area contributed by atoms with Crippen molar-refractivity contribution in [1.29, 1.82) is 0 Å². The molecule has 0 unspecified atom stereocenters. The number of phenolic OH excluding ortho intramolecular Hbond substituents is 1. The molecule has 140 valence electrons. The summed E-state index contributed by atoms with van der Waals surface area (Å²) in [5, 5.41) is 10.1. The van der Waals surface area contributed by atoms with Crippen molar-refractivity contribution in [1.82, 2.24) is 14.5 Å². The minimum Gasteiger partial charge on any atom is -0.507 e. The number of likely N-dealkylation sites (tertiary alicyclic amines) is 1. The summed E-state index contributed by atoms with van der Waals surface area (Å²) in [5.41, 5.74) is 1.86. The van der Waals surface area contributed by atoms with E-state index in [-0.39, 0.29) is 29.0 Å². The minimum absolute atomic E-state index is 0.0437. The van der Waals surface area contributed by atoms with E-state index < -0.39 is 0 Å². The number of imidazole rings is 1. The zero-order valence-corrected chi connectivity index (χ0v) is 15.0. The van der Waals surface area contributed by atoms with Gasteiger partial charge in [-0.05, 0) is 37.1 Å². The third-order valence-corrected chi connectivity index (χ3v) is 5.18. The number of carbonyl (C=O) groups excluding carboxylic acids is 1. The number of aromatic nitrogens is 2.